The van der Waals surface area contributed by atoms with E-state index in [1.54, 1.807) is 18.2 Å². The van der Waals surface area contributed by atoms with Crippen molar-refractivity contribution in [2.24, 2.45) is 0 Å². The minimum Gasteiger partial charge on any atom is -0.282 e. The molecule has 0 aromatic heterocycles. The Labute approximate surface area is 178 Å². The normalized spacial score (nSPS) is 11.3. The van der Waals surface area contributed by atoms with Crippen LogP contribution in [0.25, 0.3) is 0 Å². The van der Waals surface area contributed by atoms with E-state index in [-0.39, 0.29) is 4.90 Å². The highest BCUT2D eigenvalue weighted by molar-refractivity contribution is 7.85. The molecule has 0 bridgehead atoms. The second-order valence-corrected chi connectivity index (χ2v) is 8.22. The molecule has 4 nitrogen and oxygen atoms in total. The van der Waals surface area contributed by atoms with Crippen molar-refractivity contribution in [3.05, 3.63) is 121 Å². The van der Waals surface area contributed by atoms with Gasteiger partial charge in [0.1, 0.15) is 17.1 Å². The lowest BCUT2D eigenvalue weighted by Gasteiger charge is -2.33. The molecule has 4 aromatic rings. The van der Waals surface area contributed by atoms with Crippen molar-refractivity contribution in [1.29, 1.82) is 0 Å². The van der Waals surface area contributed by atoms with Crippen LogP contribution < -0.4 is 4.48 Å². The summed E-state index contributed by atoms with van der Waals surface area (Å²) in [6.45, 7) is 0. The van der Waals surface area contributed by atoms with E-state index in [0.717, 1.165) is 0 Å². The molecule has 4 aromatic carbocycles. The highest BCUT2D eigenvalue weighted by Crippen LogP contribution is 2.41. The van der Waals surface area contributed by atoms with Crippen LogP contribution in [-0.4, -0.2) is 20.0 Å². The molecule has 0 amide bonds. The number of quaternary nitrogens is 1. The first-order chi connectivity index (χ1) is 14.4. The molecule has 0 radical (unpaired) electrons. The largest absolute Gasteiger partial charge is 0.294 e. The molecule has 4 rings (SSSR count). The van der Waals surface area contributed by atoms with Crippen LogP contribution in [0.3, 0.4) is 0 Å². The smallest absolute Gasteiger partial charge is 0.282 e. The highest BCUT2D eigenvalue weighted by Gasteiger charge is 2.30. The van der Waals surface area contributed by atoms with Crippen LogP contribution in [0.15, 0.2) is 126 Å². The van der Waals surface area contributed by atoms with Gasteiger partial charge in [-0.2, -0.15) is 8.42 Å². The van der Waals surface area contributed by atoms with E-state index in [0.29, 0.717) is 4.48 Å². The van der Waals surface area contributed by atoms with E-state index in [9.17, 15) is 8.42 Å². The summed E-state index contributed by atoms with van der Waals surface area (Å²) >= 11 is 0. The van der Waals surface area contributed by atoms with Gasteiger partial charge in [0.2, 0.25) is 0 Å². The molecule has 0 aliphatic carbocycles. The Balaban J connectivity index is 0.000000216. The molecule has 0 unspecified atom stereocenters. The van der Waals surface area contributed by atoms with E-state index < -0.39 is 10.1 Å². The number of nitrogens with zero attached hydrogens (tertiary/aromatic N) is 1. The standard InChI is InChI=1S/C19H18N.C6H6O3S/c1-20(17-11-5-2-6-12-17,18-13-7-3-8-14-18)19-15-9-4-10-16-19;7-10(8,9)6-4-2-1-3-5-6/h2-16H,1H3;1-5H,(H,7,8,9)/q+1;. The first-order valence-corrected chi connectivity index (χ1v) is 10.9. The van der Waals surface area contributed by atoms with Crippen molar-refractivity contribution in [3.8, 4) is 0 Å². The maximum Gasteiger partial charge on any atom is 0.294 e. The van der Waals surface area contributed by atoms with Gasteiger partial charge in [0.15, 0.2) is 0 Å². The lowest BCUT2D eigenvalue weighted by Crippen LogP contribution is -2.33. The zero-order valence-corrected chi connectivity index (χ0v) is 17.5. The average Bonchev–Trinajstić information content (AvgIpc) is 2.81. The van der Waals surface area contributed by atoms with Gasteiger partial charge >= 0.3 is 0 Å². The van der Waals surface area contributed by atoms with Crippen LogP contribution in [0.5, 0.6) is 0 Å². The third-order valence-corrected chi connectivity index (χ3v) is 5.73. The maximum atomic E-state index is 10.4. The number of hydrogen-bond acceptors (Lipinski definition) is 2. The van der Waals surface area contributed by atoms with Crippen molar-refractivity contribution < 1.29 is 13.0 Å². The van der Waals surface area contributed by atoms with Crippen LogP contribution in [0.1, 0.15) is 0 Å². The van der Waals surface area contributed by atoms with Gasteiger partial charge in [-0.05, 0) is 48.5 Å². The minimum atomic E-state index is -4.00. The second-order valence-electron chi connectivity index (χ2n) is 6.80. The maximum absolute atomic E-state index is 10.4. The Kier molecular flexibility index (Phi) is 6.79. The third-order valence-electron chi connectivity index (χ3n) is 4.86. The van der Waals surface area contributed by atoms with Gasteiger partial charge < -0.3 is 0 Å². The number of hydrogen-bond donors (Lipinski definition) is 1. The Morgan fingerprint density at radius 2 is 0.800 bits per heavy atom. The second kappa shape index (κ2) is 9.50. The average molecular weight is 419 g/mol. The monoisotopic (exact) mass is 418 g/mol. The first kappa shape index (κ1) is 21.5. The molecular weight excluding hydrogens is 394 g/mol. The van der Waals surface area contributed by atoms with E-state index in [1.807, 2.05) is 0 Å². The Bertz CT molecular complexity index is 1050. The summed E-state index contributed by atoms with van der Waals surface area (Å²) in [4.78, 5) is -0.0741. The summed E-state index contributed by atoms with van der Waals surface area (Å²) in [5.74, 6) is 0. The zero-order chi connectivity index (χ0) is 21.5. The predicted molar refractivity (Wildman–Crippen MR) is 123 cm³/mol. The summed E-state index contributed by atoms with van der Waals surface area (Å²) in [7, 11) is -1.77. The molecule has 0 saturated heterocycles. The van der Waals surface area contributed by atoms with Crippen molar-refractivity contribution in [2.75, 3.05) is 7.05 Å². The van der Waals surface area contributed by atoms with Gasteiger partial charge in [-0.3, -0.25) is 4.55 Å². The highest BCUT2D eigenvalue weighted by atomic mass is 32.2. The predicted octanol–water partition coefficient (Wildman–Crippen LogP) is 6.22. The quantitative estimate of drug-likeness (QED) is 0.316. The van der Waals surface area contributed by atoms with Crippen molar-refractivity contribution in [3.63, 3.8) is 0 Å². The summed E-state index contributed by atoms with van der Waals surface area (Å²) in [5.41, 5.74) is 3.76. The van der Waals surface area contributed by atoms with Crippen LogP contribution >= 0.6 is 0 Å². The summed E-state index contributed by atoms with van der Waals surface area (Å²) in [5, 5.41) is 0. The van der Waals surface area contributed by atoms with Crippen LogP contribution in [0.2, 0.25) is 0 Å². The SMILES string of the molecule is C[N+](c1ccccc1)(c1ccccc1)c1ccccc1.O=S(=O)(O)c1ccccc1. The third kappa shape index (κ3) is 5.02. The van der Waals surface area contributed by atoms with Crippen LogP contribution in [0, 0.1) is 0 Å². The molecular formula is C25H24NO3S+. The van der Waals surface area contributed by atoms with Gasteiger partial charge in [0.25, 0.3) is 10.1 Å². The molecule has 0 aliphatic rings. The molecule has 5 heteroatoms. The summed E-state index contributed by atoms with van der Waals surface area (Å²) in [6.07, 6.45) is 0. The summed E-state index contributed by atoms with van der Waals surface area (Å²) < 4.78 is 29.9. The van der Waals surface area contributed by atoms with Gasteiger partial charge in [-0.1, -0.05) is 72.8 Å². The summed E-state index contributed by atoms with van der Waals surface area (Å²) in [6, 6.07) is 39.3. The van der Waals surface area contributed by atoms with E-state index in [4.69, 9.17) is 4.55 Å². The molecule has 0 atom stereocenters. The Hall–Kier alpha value is -3.25. The molecule has 0 fully saturated rings. The van der Waals surface area contributed by atoms with Crippen LogP contribution in [0.4, 0.5) is 17.1 Å². The van der Waals surface area contributed by atoms with E-state index >= 15 is 0 Å². The molecule has 0 aliphatic heterocycles. The molecule has 0 saturated carbocycles. The van der Waals surface area contributed by atoms with Crippen molar-refractivity contribution in [1.82, 2.24) is 4.48 Å². The van der Waals surface area contributed by atoms with Crippen molar-refractivity contribution in [2.45, 2.75) is 4.90 Å². The fraction of sp³-hybridized carbons (Fsp3) is 0.0400. The van der Waals surface area contributed by atoms with Gasteiger partial charge in [0.05, 0.1) is 11.9 Å². The number of para-hydroxylation sites is 3. The fourth-order valence-corrected chi connectivity index (χ4v) is 3.72. The number of benzene rings is 4. The van der Waals surface area contributed by atoms with E-state index in [1.165, 1.54) is 29.2 Å². The zero-order valence-electron chi connectivity index (χ0n) is 16.7. The van der Waals surface area contributed by atoms with Crippen LogP contribution in [-0.2, 0) is 10.1 Å². The lowest BCUT2D eigenvalue weighted by molar-refractivity contribution is 0.483. The van der Waals surface area contributed by atoms with Crippen molar-refractivity contribution >= 4 is 27.2 Å². The topological polar surface area (TPSA) is 54.4 Å². The van der Waals surface area contributed by atoms with Gasteiger partial charge in [-0.15, -0.1) is 0 Å². The molecule has 0 heterocycles. The van der Waals surface area contributed by atoms with Gasteiger partial charge in [-0.25, -0.2) is 4.48 Å². The number of rotatable bonds is 4. The minimum absolute atomic E-state index is 0.0741. The van der Waals surface area contributed by atoms with E-state index in [2.05, 4.69) is 98.0 Å². The molecule has 1 N–H and O–H groups in total. The molecule has 152 valence electrons. The Morgan fingerprint density at radius 3 is 1.03 bits per heavy atom. The molecule has 0 spiro atoms. The Morgan fingerprint density at radius 1 is 0.533 bits per heavy atom. The first-order valence-electron chi connectivity index (χ1n) is 9.48. The molecule has 30 heavy (non-hydrogen) atoms. The fourth-order valence-electron chi connectivity index (χ4n) is 3.22. The van der Waals surface area contributed by atoms with Gasteiger partial charge in [0, 0.05) is 0 Å². The lowest BCUT2D eigenvalue weighted by atomic mass is 10.1.